The van der Waals surface area contributed by atoms with Gasteiger partial charge >= 0.3 is 0 Å². The zero-order chi connectivity index (χ0) is 11.7. The number of halogens is 2. The van der Waals surface area contributed by atoms with Gasteiger partial charge < -0.3 is 10.6 Å². The Hall–Kier alpha value is -1.17. The summed E-state index contributed by atoms with van der Waals surface area (Å²) in [6.07, 6.45) is 0. The molecule has 0 aliphatic carbocycles. The van der Waals surface area contributed by atoms with E-state index in [2.05, 4.69) is 0 Å². The highest BCUT2D eigenvalue weighted by Gasteiger charge is 2.22. The number of nitrogens with two attached hydrogens (primary N) is 1. The van der Waals surface area contributed by atoms with E-state index in [9.17, 15) is 13.0 Å². The summed E-state index contributed by atoms with van der Waals surface area (Å²) in [5, 5.41) is 0. The van der Waals surface area contributed by atoms with Crippen LogP contribution in [0.1, 0.15) is 0 Å². The minimum Gasteiger partial charge on any atom is -0.397 e. The van der Waals surface area contributed by atoms with E-state index in [-0.39, 0.29) is 11.4 Å². The van der Waals surface area contributed by atoms with Crippen LogP contribution < -0.4 is 10.6 Å². The SMILES string of the molecule is Nc1ccc(F)c(F)c1N1CCS(=O)CC1. The fourth-order valence-electron chi connectivity index (χ4n) is 1.74. The second-order valence-corrected chi connectivity index (χ2v) is 5.33. The van der Waals surface area contributed by atoms with Gasteiger partial charge in [0, 0.05) is 35.4 Å². The molecule has 0 spiro atoms. The van der Waals surface area contributed by atoms with Gasteiger partial charge in [0.1, 0.15) is 0 Å². The molecule has 3 nitrogen and oxygen atoms in total. The number of hydrogen-bond acceptors (Lipinski definition) is 3. The Labute approximate surface area is 94.7 Å². The summed E-state index contributed by atoms with van der Waals surface area (Å²) in [5.41, 5.74) is 5.94. The first-order valence-electron chi connectivity index (χ1n) is 4.93. The number of nitrogen functional groups attached to an aromatic ring is 1. The monoisotopic (exact) mass is 246 g/mol. The van der Waals surface area contributed by atoms with Gasteiger partial charge in [-0.2, -0.15) is 0 Å². The molecular weight excluding hydrogens is 234 g/mol. The quantitative estimate of drug-likeness (QED) is 0.755. The highest BCUT2D eigenvalue weighted by Crippen LogP contribution is 2.29. The van der Waals surface area contributed by atoms with Crippen LogP contribution in [0.5, 0.6) is 0 Å². The van der Waals surface area contributed by atoms with E-state index in [0.29, 0.717) is 24.6 Å². The molecule has 6 heteroatoms. The van der Waals surface area contributed by atoms with Crippen molar-refractivity contribution in [2.75, 3.05) is 35.2 Å². The van der Waals surface area contributed by atoms with E-state index in [1.807, 2.05) is 0 Å². The van der Waals surface area contributed by atoms with Gasteiger partial charge in [0.25, 0.3) is 0 Å². The summed E-state index contributed by atoms with van der Waals surface area (Å²) in [6.45, 7) is 0.883. The molecule has 1 saturated heterocycles. The van der Waals surface area contributed by atoms with Crippen LogP contribution >= 0.6 is 0 Å². The standard InChI is InChI=1S/C10H12F2N2OS/c11-7-1-2-8(13)10(9(7)12)14-3-5-16(15)6-4-14/h1-2H,3-6,13H2. The number of anilines is 2. The molecule has 1 fully saturated rings. The average molecular weight is 246 g/mol. The van der Waals surface area contributed by atoms with Crippen LogP contribution in [0.4, 0.5) is 20.2 Å². The highest BCUT2D eigenvalue weighted by atomic mass is 32.2. The summed E-state index contributed by atoms with van der Waals surface area (Å²) < 4.78 is 37.8. The largest absolute Gasteiger partial charge is 0.397 e. The Bertz CT molecular complexity index is 429. The molecule has 0 unspecified atom stereocenters. The minimum absolute atomic E-state index is 0.0942. The molecule has 0 radical (unpaired) electrons. The van der Waals surface area contributed by atoms with Crippen molar-refractivity contribution in [3.05, 3.63) is 23.8 Å². The van der Waals surface area contributed by atoms with Gasteiger partial charge in [-0.25, -0.2) is 8.78 Å². The molecule has 0 atom stereocenters. The van der Waals surface area contributed by atoms with Crippen molar-refractivity contribution in [1.29, 1.82) is 0 Å². The Morgan fingerprint density at radius 1 is 1.25 bits per heavy atom. The normalized spacial score (nSPS) is 17.8. The van der Waals surface area contributed by atoms with Crippen molar-refractivity contribution >= 4 is 22.2 Å². The van der Waals surface area contributed by atoms with Gasteiger partial charge in [0.05, 0.1) is 11.4 Å². The van der Waals surface area contributed by atoms with Gasteiger partial charge in [0.2, 0.25) is 0 Å². The molecule has 0 bridgehead atoms. The molecule has 2 N–H and O–H groups in total. The maximum absolute atomic E-state index is 13.6. The Morgan fingerprint density at radius 3 is 2.50 bits per heavy atom. The molecule has 1 aromatic rings. The Balaban J connectivity index is 2.33. The molecule has 88 valence electrons. The Kier molecular flexibility index (Phi) is 3.09. The van der Waals surface area contributed by atoms with Crippen molar-refractivity contribution in [3.63, 3.8) is 0 Å². The summed E-state index contributed by atoms with van der Waals surface area (Å²) in [4.78, 5) is 1.65. The second-order valence-electron chi connectivity index (χ2n) is 3.63. The van der Waals surface area contributed by atoms with Gasteiger partial charge in [-0.1, -0.05) is 0 Å². The fourth-order valence-corrected chi connectivity index (χ4v) is 2.79. The first-order valence-corrected chi connectivity index (χ1v) is 6.42. The van der Waals surface area contributed by atoms with E-state index in [1.54, 1.807) is 4.90 Å². The predicted molar refractivity (Wildman–Crippen MR) is 60.9 cm³/mol. The predicted octanol–water partition coefficient (Wildman–Crippen LogP) is 1.12. The molecule has 1 heterocycles. The lowest BCUT2D eigenvalue weighted by Gasteiger charge is -2.29. The highest BCUT2D eigenvalue weighted by molar-refractivity contribution is 7.85. The lowest BCUT2D eigenvalue weighted by Crippen LogP contribution is -2.38. The van der Waals surface area contributed by atoms with E-state index in [0.717, 1.165) is 6.07 Å². The van der Waals surface area contributed by atoms with Crippen molar-refractivity contribution in [3.8, 4) is 0 Å². The van der Waals surface area contributed by atoms with Crippen LogP contribution in [-0.2, 0) is 10.8 Å². The molecule has 1 aliphatic rings. The average Bonchev–Trinajstić information content (AvgIpc) is 2.27. The molecule has 1 aliphatic heterocycles. The van der Waals surface area contributed by atoms with Crippen molar-refractivity contribution in [1.82, 2.24) is 0 Å². The third kappa shape index (κ3) is 2.02. The summed E-state index contributed by atoms with van der Waals surface area (Å²) >= 11 is 0. The van der Waals surface area contributed by atoms with Gasteiger partial charge in [0.15, 0.2) is 11.6 Å². The maximum atomic E-state index is 13.6. The second kappa shape index (κ2) is 4.37. The van der Waals surface area contributed by atoms with E-state index in [4.69, 9.17) is 5.73 Å². The van der Waals surface area contributed by atoms with Crippen molar-refractivity contribution < 1.29 is 13.0 Å². The third-order valence-corrected chi connectivity index (χ3v) is 3.87. The zero-order valence-corrected chi connectivity index (χ0v) is 9.40. The lowest BCUT2D eigenvalue weighted by molar-refractivity contribution is 0.507. The molecule has 1 aromatic carbocycles. The lowest BCUT2D eigenvalue weighted by atomic mass is 10.2. The minimum atomic E-state index is -0.923. The summed E-state index contributed by atoms with van der Waals surface area (Å²) in [6, 6.07) is 2.36. The Morgan fingerprint density at radius 2 is 1.88 bits per heavy atom. The van der Waals surface area contributed by atoms with Crippen LogP contribution in [0.3, 0.4) is 0 Å². The molecule has 16 heavy (non-hydrogen) atoms. The molecule has 2 rings (SSSR count). The van der Waals surface area contributed by atoms with Crippen molar-refractivity contribution in [2.24, 2.45) is 0 Å². The number of nitrogens with zero attached hydrogens (tertiary/aromatic N) is 1. The first-order chi connectivity index (χ1) is 7.59. The number of rotatable bonds is 1. The van der Waals surface area contributed by atoms with Crippen LogP contribution in [-0.4, -0.2) is 28.8 Å². The molecular formula is C10H12F2N2OS. The maximum Gasteiger partial charge on any atom is 0.184 e. The van der Waals surface area contributed by atoms with Crippen LogP contribution in [0.2, 0.25) is 0 Å². The number of hydrogen-bond donors (Lipinski definition) is 1. The van der Waals surface area contributed by atoms with E-state index < -0.39 is 22.4 Å². The smallest absolute Gasteiger partial charge is 0.184 e. The molecule has 0 aromatic heterocycles. The third-order valence-electron chi connectivity index (χ3n) is 2.59. The van der Waals surface area contributed by atoms with Crippen LogP contribution in [0.25, 0.3) is 0 Å². The van der Waals surface area contributed by atoms with Gasteiger partial charge in [-0.15, -0.1) is 0 Å². The van der Waals surface area contributed by atoms with E-state index in [1.165, 1.54) is 6.07 Å². The summed E-state index contributed by atoms with van der Waals surface area (Å²) in [5.74, 6) is -0.895. The molecule has 0 saturated carbocycles. The van der Waals surface area contributed by atoms with Crippen LogP contribution in [0.15, 0.2) is 12.1 Å². The van der Waals surface area contributed by atoms with Crippen LogP contribution in [0, 0.1) is 11.6 Å². The molecule has 0 amide bonds. The fraction of sp³-hybridized carbons (Fsp3) is 0.400. The topological polar surface area (TPSA) is 46.3 Å². The number of benzene rings is 1. The van der Waals surface area contributed by atoms with Crippen molar-refractivity contribution in [2.45, 2.75) is 0 Å². The zero-order valence-electron chi connectivity index (χ0n) is 8.58. The van der Waals surface area contributed by atoms with E-state index >= 15 is 0 Å². The van der Waals surface area contributed by atoms with Gasteiger partial charge in [-0.05, 0) is 12.1 Å². The van der Waals surface area contributed by atoms with Gasteiger partial charge in [-0.3, -0.25) is 4.21 Å². The first kappa shape index (κ1) is 11.3. The summed E-state index contributed by atoms with van der Waals surface area (Å²) in [7, 11) is -0.852.